The largest absolute Gasteiger partial charge is 0.496 e. The Morgan fingerprint density at radius 1 is 1.15 bits per heavy atom. The van der Waals surface area contributed by atoms with Crippen molar-refractivity contribution in [2.45, 2.75) is 6.10 Å². The van der Waals surface area contributed by atoms with Gasteiger partial charge < -0.3 is 19.7 Å². The average molecular weight is 354 g/mol. The average Bonchev–Trinajstić information content (AvgIpc) is 2.72. The molecule has 3 rings (SSSR count). The predicted octanol–water partition coefficient (Wildman–Crippen LogP) is 2.03. The van der Waals surface area contributed by atoms with Gasteiger partial charge in [0.15, 0.2) is 0 Å². The first-order chi connectivity index (χ1) is 12.7. The third-order valence-corrected chi connectivity index (χ3v) is 4.34. The Labute approximate surface area is 152 Å². The summed E-state index contributed by atoms with van der Waals surface area (Å²) in [4.78, 5) is 26.5. The third kappa shape index (κ3) is 4.21. The van der Waals surface area contributed by atoms with Gasteiger partial charge in [0.05, 0.1) is 32.4 Å². The highest BCUT2D eigenvalue weighted by Gasteiger charge is 2.25. The zero-order valence-electron chi connectivity index (χ0n) is 14.7. The van der Waals surface area contributed by atoms with Crippen molar-refractivity contribution in [3.63, 3.8) is 0 Å². The maximum Gasteiger partial charge on any atom is 0.255 e. The van der Waals surface area contributed by atoms with E-state index in [1.807, 2.05) is 30.3 Å². The minimum absolute atomic E-state index is 0.0572. The van der Waals surface area contributed by atoms with Crippen molar-refractivity contribution in [1.29, 1.82) is 0 Å². The molecule has 1 atom stereocenters. The van der Waals surface area contributed by atoms with Gasteiger partial charge in [-0.1, -0.05) is 42.5 Å². The lowest BCUT2D eigenvalue weighted by molar-refractivity contribution is -0.137. The molecule has 0 spiro atoms. The first kappa shape index (κ1) is 17.9. The van der Waals surface area contributed by atoms with E-state index < -0.39 is 0 Å². The Morgan fingerprint density at radius 3 is 2.65 bits per heavy atom. The van der Waals surface area contributed by atoms with Gasteiger partial charge in [-0.05, 0) is 17.7 Å². The summed E-state index contributed by atoms with van der Waals surface area (Å²) < 4.78 is 11.0. The summed E-state index contributed by atoms with van der Waals surface area (Å²) >= 11 is 0. The van der Waals surface area contributed by atoms with Crippen molar-refractivity contribution in [2.24, 2.45) is 0 Å². The summed E-state index contributed by atoms with van der Waals surface area (Å²) in [5, 5.41) is 2.67. The number of hydrogen-bond donors (Lipinski definition) is 1. The third-order valence-electron chi connectivity index (χ3n) is 4.34. The fraction of sp³-hybridized carbons (Fsp3) is 0.300. The quantitative estimate of drug-likeness (QED) is 0.892. The van der Waals surface area contributed by atoms with E-state index in [1.165, 1.54) is 7.11 Å². The molecule has 1 aliphatic rings. The van der Waals surface area contributed by atoms with Gasteiger partial charge in [0, 0.05) is 6.54 Å². The van der Waals surface area contributed by atoms with Gasteiger partial charge in [-0.3, -0.25) is 9.59 Å². The number of hydrogen-bond acceptors (Lipinski definition) is 4. The molecule has 1 fully saturated rings. The van der Waals surface area contributed by atoms with E-state index in [-0.39, 0.29) is 24.5 Å². The van der Waals surface area contributed by atoms with E-state index in [1.54, 1.807) is 29.2 Å². The number of nitrogens with zero attached hydrogens (tertiary/aromatic N) is 1. The Balaban J connectivity index is 1.57. The number of nitrogens with one attached hydrogen (secondary N) is 1. The molecule has 6 nitrogen and oxygen atoms in total. The van der Waals surface area contributed by atoms with Crippen LogP contribution in [0.1, 0.15) is 22.0 Å². The summed E-state index contributed by atoms with van der Waals surface area (Å²) in [6.07, 6.45) is -0.140. The predicted molar refractivity (Wildman–Crippen MR) is 97.0 cm³/mol. The van der Waals surface area contributed by atoms with Crippen LogP contribution in [0, 0.1) is 0 Å². The number of morpholine rings is 1. The minimum Gasteiger partial charge on any atom is -0.496 e. The van der Waals surface area contributed by atoms with E-state index in [4.69, 9.17) is 9.47 Å². The van der Waals surface area contributed by atoms with Gasteiger partial charge in [-0.15, -0.1) is 0 Å². The molecule has 2 amide bonds. The highest BCUT2D eigenvalue weighted by molar-refractivity contribution is 5.98. The lowest BCUT2D eigenvalue weighted by Crippen LogP contribution is -2.46. The number of carbonyl (C=O) groups excluding carboxylic acids is 2. The Hall–Kier alpha value is -2.86. The summed E-state index contributed by atoms with van der Waals surface area (Å²) in [7, 11) is 1.51. The number of ether oxygens (including phenoxy) is 2. The van der Waals surface area contributed by atoms with Crippen LogP contribution in [-0.4, -0.2) is 50.1 Å². The first-order valence-corrected chi connectivity index (χ1v) is 8.54. The molecule has 0 aliphatic carbocycles. The maximum atomic E-state index is 12.5. The molecule has 26 heavy (non-hydrogen) atoms. The molecule has 1 N–H and O–H groups in total. The van der Waals surface area contributed by atoms with Gasteiger partial charge in [-0.25, -0.2) is 0 Å². The second-order valence-corrected chi connectivity index (χ2v) is 5.99. The number of benzene rings is 2. The summed E-state index contributed by atoms with van der Waals surface area (Å²) in [5.74, 6) is 0.0223. The van der Waals surface area contributed by atoms with Crippen LogP contribution in [0.25, 0.3) is 0 Å². The maximum absolute atomic E-state index is 12.5. The van der Waals surface area contributed by atoms with Gasteiger partial charge in [-0.2, -0.15) is 0 Å². The van der Waals surface area contributed by atoms with E-state index in [0.717, 1.165) is 5.56 Å². The SMILES string of the molecule is COc1ccccc1C(=O)NCC(=O)N1CCOC(c2ccccc2)C1. The number of amides is 2. The topological polar surface area (TPSA) is 67.9 Å². The molecular weight excluding hydrogens is 332 g/mol. The van der Waals surface area contributed by atoms with Crippen LogP contribution in [0.5, 0.6) is 5.75 Å². The standard InChI is InChI=1S/C20H22N2O4/c1-25-17-10-6-5-9-16(17)20(24)21-13-19(23)22-11-12-26-18(14-22)15-7-3-2-4-8-15/h2-10,18H,11-14H2,1H3,(H,21,24). The molecule has 0 bridgehead atoms. The van der Waals surface area contributed by atoms with Gasteiger partial charge in [0.25, 0.3) is 5.91 Å². The zero-order chi connectivity index (χ0) is 18.4. The second-order valence-electron chi connectivity index (χ2n) is 5.99. The van der Waals surface area contributed by atoms with Crippen LogP contribution in [0.3, 0.4) is 0 Å². The van der Waals surface area contributed by atoms with Crippen LogP contribution in [-0.2, 0) is 9.53 Å². The summed E-state index contributed by atoms with van der Waals surface area (Å²) in [5.41, 5.74) is 1.45. The molecule has 1 aliphatic heterocycles. The van der Waals surface area contributed by atoms with Crippen LogP contribution >= 0.6 is 0 Å². The zero-order valence-corrected chi connectivity index (χ0v) is 14.7. The summed E-state index contributed by atoms with van der Waals surface area (Å²) in [6.45, 7) is 1.42. The monoisotopic (exact) mass is 354 g/mol. The van der Waals surface area contributed by atoms with Crippen molar-refractivity contribution < 1.29 is 19.1 Å². The van der Waals surface area contributed by atoms with Crippen molar-refractivity contribution in [3.8, 4) is 5.75 Å². The number of methoxy groups -OCH3 is 1. The molecule has 1 heterocycles. The highest BCUT2D eigenvalue weighted by Crippen LogP contribution is 2.22. The van der Waals surface area contributed by atoms with Crippen LogP contribution < -0.4 is 10.1 Å². The highest BCUT2D eigenvalue weighted by atomic mass is 16.5. The molecule has 0 aromatic heterocycles. The van der Waals surface area contributed by atoms with Gasteiger partial charge in [0.2, 0.25) is 5.91 Å². The smallest absolute Gasteiger partial charge is 0.255 e. The number of carbonyl (C=O) groups is 2. The van der Waals surface area contributed by atoms with E-state index in [0.29, 0.717) is 31.0 Å². The van der Waals surface area contributed by atoms with E-state index >= 15 is 0 Å². The van der Waals surface area contributed by atoms with Crippen LogP contribution in [0.2, 0.25) is 0 Å². The second kappa shape index (κ2) is 8.49. The lowest BCUT2D eigenvalue weighted by Gasteiger charge is -2.33. The molecule has 1 saturated heterocycles. The Morgan fingerprint density at radius 2 is 1.88 bits per heavy atom. The van der Waals surface area contributed by atoms with Crippen LogP contribution in [0.4, 0.5) is 0 Å². The van der Waals surface area contributed by atoms with E-state index in [9.17, 15) is 9.59 Å². The fourth-order valence-electron chi connectivity index (χ4n) is 2.94. The molecule has 2 aromatic rings. The van der Waals surface area contributed by atoms with Crippen molar-refractivity contribution in [2.75, 3.05) is 33.4 Å². The van der Waals surface area contributed by atoms with Crippen LogP contribution in [0.15, 0.2) is 54.6 Å². The minimum atomic E-state index is -0.330. The molecule has 2 aromatic carbocycles. The lowest BCUT2D eigenvalue weighted by atomic mass is 10.1. The first-order valence-electron chi connectivity index (χ1n) is 8.54. The molecule has 6 heteroatoms. The van der Waals surface area contributed by atoms with E-state index in [2.05, 4.69) is 5.32 Å². The molecule has 136 valence electrons. The van der Waals surface area contributed by atoms with Crippen molar-refractivity contribution in [3.05, 3.63) is 65.7 Å². The van der Waals surface area contributed by atoms with Crippen molar-refractivity contribution in [1.82, 2.24) is 10.2 Å². The number of para-hydroxylation sites is 1. The van der Waals surface area contributed by atoms with Crippen molar-refractivity contribution >= 4 is 11.8 Å². The Kier molecular flexibility index (Phi) is 5.86. The normalized spacial score (nSPS) is 16.8. The fourth-order valence-corrected chi connectivity index (χ4v) is 2.94. The van der Waals surface area contributed by atoms with Gasteiger partial charge >= 0.3 is 0 Å². The molecule has 0 saturated carbocycles. The molecule has 0 radical (unpaired) electrons. The molecular formula is C20H22N2O4. The molecule has 1 unspecified atom stereocenters. The summed E-state index contributed by atoms with van der Waals surface area (Å²) in [6, 6.07) is 16.7. The Bertz CT molecular complexity index is 763. The number of rotatable bonds is 5. The van der Waals surface area contributed by atoms with Gasteiger partial charge in [0.1, 0.15) is 11.9 Å².